The van der Waals surface area contributed by atoms with Crippen LogP contribution in [-0.4, -0.2) is 18.4 Å². The molecule has 0 saturated heterocycles. The average Bonchev–Trinajstić information content (AvgIpc) is 3.54. The van der Waals surface area contributed by atoms with Crippen LogP contribution in [0, 0.1) is 12.8 Å². The van der Waals surface area contributed by atoms with Crippen molar-refractivity contribution in [1.29, 1.82) is 0 Å². The van der Waals surface area contributed by atoms with Crippen LogP contribution in [0.4, 0.5) is 0 Å². The molecule has 1 aromatic heterocycles. The second-order valence-electron chi connectivity index (χ2n) is 10.1. The molecule has 1 fully saturated rings. The Bertz CT molecular complexity index is 1720. The molecule has 0 aliphatic heterocycles. The highest BCUT2D eigenvalue weighted by Gasteiger charge is 2.43. The number of hydrogen-bond acceptors (Lipinski definition) is 4. The lowest BCUT2D eigenvalue weighted by Gasteiger charge is -2.22. The fourth-order valence-corrected chi connectivity index (χ4v) is 6.59. The number of hydrogen-bond donors (Lipinski definition) is 0. The molecule has 2 aliphatic carbocycles. The molecular formula is C31H27NO4S. The fraction of sp³-hybridized carbons (Fsp3) is 0.194. The summed E-state index contributed by atoms with van der Waals surface area (Å²) in [6.07, 6.45) is 4.85. The monoisotopic (exact) mass is 509 g/mol. The first kappa shape index (κ1) is 23.5. The summed E-state index contributed by atoms with van der Waals surface area (Å²) in [5.41, 5.74) is 5.94. The van der Waals surface area contributed by atoms with E-state index in [0.29, 0.717) is 28.7 Å². The van der Waals surface area contributed by atoms with Crippen molar-refractivity contribution in [3.05, 3.63) is 119 Å². The third-order valence-corrected chi connectivity index (χ3v) is 8.94. The van der Waals surface area contributed by atoms with Crippen molar-refractivity contribution in [3.8, 4) is 0 Å². The Morgan fingerprint density at radius 3 is 2.38 bits per heavy atom. The lowest BCUT2D eigenvalue weighted by molar-refractivity contribution is 0.0637. The molecule has 0 unspecified atom stereocenters. The number of fused-ring (bicyclic) bond motifs is 5. The van der Waals surface area contributed by atoms with Gasteiger partial charge in [-0.15, -0.1) is 0 Å². The van der Waals surface area contributed by atoms with Crippen molar-refractivity contribution in [3.63, 3.8) is 0 Å². The zero-order chi connectivity index (χ0) is 25.9. The number of carbonyl (C=O) groups excluding carboxylic acids is 1. The smallest absolute Gasteiger partial charge is 0.343 e. The maximum atomic E-state index is 13.6. The summed E-state index contributed by atoms with van der Waals surface area (Å²) in [4.78, 5) is 13.3. The quantitative estimate of drug-likeness (QED) is 0.218. The second kappa shape index (κ2) is 8.60. The molecule has 1 heterocycles. The Morgan fingerprint density at radius 1 is 0.946 bits per heavy atom. The largest absolute Gasteiger partial charge is 0.422 e. The van der Waals surface area contributed by atoms with Crippen molar-refractivity contribution in [1.82, 2.24) is 3.97 Å². The SMILES string of the molecule is CC(C)=C(OC(=O)c1ccccc1)C1=C[C@H]2C[C@H]2c2ccc3c(ccn3S(=O)(=O)c3ccc(C)cc3)c21. The van der Waals surface area contributed by atoms with Crippen LogP contribution in [0.15, 0.2) is 101 Å². The third-order valence-electron chi connectivity index (χ3n) is 7.24. The molecule has 6 rings (SSSR count). The minimum absolute atomic E-state index is 0.244. The molecule has 37 heavy (non-hydrogen) atoms. The first-order valence-electron chi connectivity index (χ1n) is 12.4. The number of carbonyl (C=O) groups is 1. The minimum atomic E-state index is -3.78. The van der Waals surface area contributed by atoms with E-state index in [4.69, 9.17) is 4.74 Å². The molecule has 5 nitrogen and oxygen atoms in total. The highest BCUT2D eigenvalue weighted by molar-refractivity contribution is 7.90. The zero-order valence-electron chi connectivity index (χ0n) is 20.9. The highest BCUT2D eigenvalue weighted by Crippen LogP contribution is 2.57. The van der Waals surface area contributed by atoms with Gasteiger partial charge < -0.3 is 4.74 Å². The van der Waals surface area contributed by atoms with Gasteiger partial charge in [-0.3, -0.25) is 0 Å². The Balaban J connectivity index is 1.48. The van der Waals surface area contributed by atoms with E-state index in [0.717, 1.165) is 34.1 Å². The number of aryl methyl sites for hydroxylation is 1. The molecule has 2 aliphatic rings. The molecule has 0 radical (unpaired) electrons. The van der Waals surface area contributed by atoms with Crippen LogP contribution >= 0.6 is 0 Å². The van der Waals surface area contributed by atoms with Gasteiger partial charge in [-0.1, -0.05) is 48.0 Å². The lowest BCUT2D eigenvalue weighted by atomic mass is 9.86. The van der Waals surface area contributed by atoms with E-state index >= 15 is 0 Å². The molecular weight excluding hydrogens is 482 g/mol. The van der Waals surface area contributed by atoms with Crippen molar-refractivity contribution in [2.45, 2.75) is 38.0 Å². The van der Waals surface area contributed by atoms with E-state index in [1.165, 1.54) is 9.54 Å². The summed E-state index contributed by atoms with van der Waals surface area (Å²) in [5.74, 6) is 0.914. The normalized spacial score (nSPS) is 18.0. The van der Waals surface area contributed by atoms with Crippen molar-refractivity contribution in [2.75, 3.05) is 0 Å². The Kier molecular flexibility index (Phi) is 5.46. The predicted molar refractivity (Wildman–Crippen MR) is 145 cm³/mol. The van der Waals surface area contributed by atoms with Gasteiger partial charge in [-0.25, -0.2) is 17.2 Å². The Hall–Kier alpha value is -3.90. The number of esters is 1. The summed E-state index contributed by atoms with van der Waals surface area (Å²) in [6.45, 7) is 5.79. The molecule has 0 bridgehead atoms. The van der Waals surface area contributed by atoms with Crippen LogP contribution in [0.1, 0.15) is 53.2 Å². The Labute approximate surface area is 216 Å². The third kappa shape index (κ3) is 3.92. The van der Waals surface area contributed by atoms with Crippen LogP contribution < -0.4 is 0 Å². The van der Waals surface area contributed by atoms with Crippen molar-refractivity contribution < 1.29 is 17.9 Å². The summed E-state index contributed by atoms with van der Waals surface area (Å²) < 4.78 is 34.5. The number of aromatic nitrogens is 1. The predicted octanol–water partition coefficient (Wildman–Crippen LogP) is 6.84. The molecule has 0 spiro atoms. The summed E-state index contributed by atoms with van der Waals surface area (Å²) in [6, 6.07) is 21.6. The van der Waals surface area contributed by atoms with Crippen LogP contribution in [0.2, 0.25) is 0 Å². The van der Waals surface area contributed by atoms with Gasteiger partial charge in [0.15, 0.2) is 0 Å². The molecule has 0 N–H and O–H groups in total. The fourth-order valence-electron chi connectivity index (χ4n) is 5.25. The first-order valence-corrected chi connectivity index (χ1v) is 13.8. The number of allylic oxidation sites excluding steroid dienone is 3. The standard InChI is InChI=1S/C31H27NO4S/c1-19(2)30(36-31(33)21-7-5-4-6-8-21)27-18-22-17-26(22)24-13-14-28-25(29(24)27)15-16-32(28)37(34,35)23-11-9-20(3)10-12-23/h4-16,18,22,26H,17H2,1-3H3/t22-,26-/m1/s1. The van der Waals surface area contributed by atoms with Crippen molar-refractivity contribution >= 4 is 32.5 Å². The topological polar surface area (TPSA) is 65.4 Å². The maximum absolute atomic E-state index is 13.6. The zero-order valence-corrected chi connectivity index (χ0v) is 21.7. The lowest BCUT2D eigenvalue weighted by Crippen LogP contribution is -2.13. The van der Waals surface area contributed by atoms with Gasteiger partial charge >= 0.3 is 5.97 Å². The van der Waals surface area contributed by atoms with Crippen LogP contribution in [0.5, 0.6) is 0 Å². The van der Waals surface area contributed by atoms with Gasteiger partial charge in [0.05, 0.1) is 16.0 Å². The van der Waals surface area contributed by atoms with Gasteiger partial charge in [-0.05, 0) is 92.1 Å². The Morgan fingerprint density at radius 2 is 1.68 bits per heavy atom. The van der Waals surface area contributed by atoms with Gasteiger partial charge in [-0.2, -0.15) is 0 Å². The second-order valence-corrected chi connectivity index (χ2v) is 11.9. The molecule has 1 saturated carbocycles. The van der Waals surface area contributed by atoms with Crippen LogP contribution in [0.3, 0.4) is 0 Å². The minimum Gasteiger partial charge on any atom is -0.422 e. The van der Waals surface area contributed by atoms with Gasteiger partial charge in [0.1, 0.15) is 5.76 Å². The van der Waals surface area contributed by atoms with E-state index in [-0.39, 0.29) is 4.90 Å². The number of rotatable bonds is 5. The summed E-state index contributed by atoms with van der Waals surface area (Å²) in [5, 5.41) is 0.833. The molecule has 2 atom stereocenters. The average molecular weight is 510 g/mol. The summed E-state index contributed by atoms with van der Waals surface area (Å²) in [7, 11) is -3.78. The maximum Gasteiger partial charge on any atom is 0.343 e. The van der Waals surface area contributed by atoms with Gasteiger partial charge in [0.2, 0.25) is 0 Å². The highest BCUT2D eigenvalue weighted by atomic mass is 32.2. The van der Waals surface area contributed by atoms with Crippen LogP contribution in [-0.2, 0) is 14.8 Å². The number of benzene rings is 3. The molecule has 6 heteroatoms. The van der Waals surface area contributed by atoms with E-state index in [9.17, 15) is 13.2 Å². The van der Waals surface area contributed by atoms with Crippen molar-refractivity contribution in [2.24, 2.45) is 5.92 Å². The van der Waals surface area contributed by atoms with Crippen LogP contribution in [0.25, 0.3) is 16.5 Å². The molecule has 0 amide bonds. The summed E-state index contributed by atoms with van der Waals surface area (Å²) >= 11 is 0. The molecule has 186 valence electrons. The van der Waals surface area contributed by atoms with E-state index in [1.54, 1.807) is 42.6 Å². The van der Waals surface area contributed by atoms with Gasteiger partial charge in [0, 0.05) is 17.2 Å². The number of ether oxygens (including phenoxy) is 1. The van der Waals surface area contributed by atoms with Gasteiger partial charge in [0.25, 0.3) is 10.0 Å². The van der Waals surface area contributed by atoms with E-state index in [1.807, 2.05) is 57.2 Å². The molecule has 4 aromatic rings. The number of nitrogens with zero attached hydrogens (tertiary/aromatic N) is 1. The van der Waals surface area contributed by atoms with E-state index in [2.05, 4.69) is 6.08 Å². The van der Waals surface area contributed by atoms with E-state index < -0.39 is 16.0 Å². The molecule has 3 aromatic carbocycles. The first-order chi connectivity index (χ1) is 17.8.